The summed E-state index contributed by atoms with van der Waals surface area (Å²) < 4.78 is 1.59. The molecule has 0 fully saturated rings. The second-order valence-electron chi connectivity index (χ2n) is 7.12. The van der Waals surface area contributed by atoms with Crippen LogP contribution in [-0.2, 0) is 17.8 Å². The summed E-state index contributed by atoms with van der Waals surface area (Å²) in [5, 5.41) is 3.98. The Bertz CT molecular complexity index is 1250. The lowest BCUT2D eigenvalue weighted by Gasteiger charge is -2.13. The Morgan fingerprint density at radius 2 is 1.65 bits per heavy atom. The second kappa shape index (κ2) is 9.62. The first kappa shape index (κ1) is 20.9. The van der Waals surface area contributed by atoms with Crippen molar-refractivity contribution in [2.45, 2.75) is 25.0 Å². The lowest BCUT2D eigenvalue weighted by molar-refractivity contribution is -0.118. The number of carbonyl (C=O) groups is 1. The number of benzene rings is 3. The maximum Gasteiger partial charge on any atom is 0.266 e. The molecule has 1 N–H and O–H groups in total. The first-order valence-corrected chi connectivity index (χ1v) is 11.2. The molecule has 1 heterocycles. The lowest BCUT2D eigenvalue weighted by atomic mass is 10.1. The molecule has 0 saturated heterocycles. The van der Waals surface area contributed by atoms with Gasteiger partial charge in [-0.25, -0.2) is 4.98 Å². The summed E-state index contributed by atoms with van der Waals surface area (Å²) >= 11 is 1.26. The number of nitrogens with zero attached hydrogens (tertiary/aromatic N) is 2. The first-order valence-electron chi connectivity index (χ1n) is 10.2. The minimum Gasteiger partial charge on any atom is -0.351 e. The smallest absolute Gasteiger partial charge is 0.266 e. The van der Waals surface area contributed by atoms with Crippen molar-refractivity contribution in [1.29, 1.82) is 0 Å². The van der Waals surface area contributed by atoms with Gasteiger partial charge in [0, 0.05) is 6.54 Å². The molecule has 0 spiro atoms. The zero-order chi connectivity index (χ0) is 21.6. The number of aromatic nitrogens is 2. The van der Waals surface area contributed by atoms with Crippen molar-refractivity contribution in [2.75, 3.05) is 5.75 Å². The SMILES string of the molecule is CCc1ccc(-n2c(SCC(=O)NCc3ccccc3)nc3ccccc3c2=O)cc1. The van der Waals surface area contributed by atoms with Crippen molar-refractivity contribution in [2.24, 2.45) is 0 Å². The van der Waals surface area contributed by atoms with Gasteiger partial charge in [-0.1, -0.05) is 73.3 Å². The minimum atomic E-state index is -0.137. The number of hydrogen-bond acceptors (Lipinski definition) is 4. The van der Waals surface area contributed by atoms with E-state index in [1.54, 1.807) is 10.6 Å². The molecule has 156 valence electrons. The second-order valence-corrected chi connectivity index (χ2v) is 8.07. The highest BCUT2D eigenvalue weighted by molar-refractivity contribution is 7.99. The van der Waals surface area contributed by atoms with Crippen molar-refractivity contribution >= 4 is 28.6 Å². The molecule has 0 bridgehead atoms. The van der Waals surface area contributed by atoms with Crippen LogP contribution in [0, 0.1) is 0 Å². The number of carbonyl (C=O) groups excluding carboxylic acids is 1. The number of amides is 1. The largest absolute Gasteiger partial charge is 0.351 e. The molecule has 4 rings (SSSR count). The van der Waals surface area contributed by atoms with Crippen LogP contribution < -0.4 is 10.9 Å². The molecule has 0 aliphatic carbocycles. The van der Waals surface area contributed by atoms with E-state index in [4.69, 9.17) is 4.98 Å². The van der Waals surface area contributed by atoms with Gasteiger partial charge >= 0.3 is 0 Å². The molecule has 0 saturated carbocycles. The number of hydrogen-bond donors (Lipinski definition) is 1. The van der Waals surface area contributed by atoms with E-state index < -0.39 is 0 Å². The average molecular weight is 430 g/mol. The molecule has 0 aliphatic rings. The molecular weight excluding hydrogens is 406 g/mol. The maximum absolute atomic E-state index is 13.3. The summed E-state index contributed by atoms with van der Waals surface area (Å²) in [6.07, 6.45) is 0.925. The number of nitrogens with one attached hydrogen (secondary N) is 1. The Morgan fingerprint density at radius 3 is 2.39 bits per heavy atom. The van der Waals surface area contributed by atoms with Crippen LogP contribution in [0.5, 0.6) is 0 Å². The van der Waals surface area contributed by atoms with Crippen LogP contribution in [0.1, 0.15) is 18.1 Å². The Kier molecular flexibility index (Phi) is 6.48. The summed E-state index contributed by atoms with van der Waals surface area (Å²) in [5.41, 5.74) is 3.47. The molecule has 0 unspecified atom stereocenters. The molecule has 0 atom stereocenters. The zero-order valence-corrected chi connectivity index (χ0v) is 18.1. The van der Waals surface area contributed by atoms with Crippen LogP contribution in [0.25, 0.3) is 16.6 Å². The fourth-order valence-electron chi connectivity index (χ4n) is 3.30. The van der Waals surface area contributed by atoms with Crippen molar-refractivity contribution in [3.05, 3.63) is 100 Å². The standard InChI is InChI=1S/C25H23N3O2S/c1-2-18-12-14-20(15-13-18)28-24(30)21-10-6-7-11-22(21)27-25(28)31-17-23(29)26-16-19-8-4-3-5-9-19/h3-15H,2,16-17H2,1H3,(H,26,29). The van der Waals surface area contributed by atoms with Crippen molar-refractivity contribution in [1.82, 2.24) is 14.9 Å². The third kappa shape index (κ3) is 4.86. The van der Waals surface area contributed by atoms with Crippen LogP contribution in [0.2, 0.25) is 0 Å². The van der Waals surface area contributed by atoms with Crippen LogP contribution in [0.3, 0.4) is 0 Å². The Hall–Kier alpha value is -3.38. The van der Waals surface area contributed by atoms with Crippen molar-refractivity contribution < 1.29 is 4.79 Å². The van der Waals surface area contributed by atoms with Crippen LogP contribution in [0.4, 0.5) is 0 Å². The van der Waals surface area contributed by atoms with Crippen LogP contribution in [-0.4, -0.2) is 21.2 Å². The van der Waals surface area contributed by atoms with E-state index in [2.05, 4.69) is 12.2 Å². The van der Waals surface area contributed by atoms with Gasteiger partial charge in [0.05, 0.1) is 22.3 Å². The Balaban J connectivity index is 1.61. The summed E-state index contributed by atoms with van der Waals surface area (Å²) in [4.78, 5) is 30.4. The van der Waals surface area contributed by atoms with Gasteiger partial charge in [0.15, 0.2) is 5.16 Å². The number of aryl methyl sites for hydroxylation is 1. The van der Waals surface area contributed by atoms with Crippen LogP contribution >= 0.6 is 11.8 Å². The highest BCUT2D eigenvalue weighted by Crippen LogP contribution is 2.21. The predicted molar refractivity (Wildman–Crippen MR) is 126 cm³/mol. The molecule has 4 aromatic rings. The number of thioether (sulfide) groups is 1. The number of para-hydroxylation sites is 1. The summed E-state index contributed by atoms with van der Waals surface area (Å²) in [7, 11) is 0. The van der Waals surface area contributed by atoms with Crippen molar-refractivity contribution in [3.8, 4) is 5.69 Å². The van der Waals surface area contributed by atoms with Gasteiger partial charge < -0.3 is 5.32 Å². The number of fused-ring (bicyclic) bond motifs is 1. The summed E-state index contributed by atoms with van der Waals surface area (Å²) in [6.45, 7) is 2.56. The van der Waals surface area contributed by atoms with E-state index in [-0.39, 0.29) is 17.2 Å². The highest BCUT2D eigenvalue weighted by Gasteiger charge is 2.14. The molecule has 6 heteroatoms. The van der Waals surface area contributed by atoms with E-state index >= 15 is 0 Å². The van der Waals surface area contributed by atoms with E-state index in [1.165, 1.54) is 17.3 Å². The molecule has 1 aromatic heterocycles. The summed E-state index contributed by atoms with van der Waals surface area (Å²) in [5.74, 6) is 0.0640. The lowest BCUT2D eigenvalue weighted by Crippen LogP contribution is -2.26. The summed E-state index contributed by atoms with van der Waals surface area (Å²) in [6, 6.07) is 24.9. The zero-order valence-electron chi connectivity index (χ0n) is 17.2. The van der Waals surface area contributed by atoms with Gasteiger partial charge in [0.2, 0.25) is 5.91 Å². The molecule has 1 amide bonds. The van der Waals surface area contributed by atoms with E-state index in [0.717, 1.165) is 17.7 Å². The quantitative estimate of drug-likeness (QED) is 0.350. The fourth-order valence-corrected chi connectivity index (χ4v) is 4.14. The first-order chi connectivity index (χ1) is 15.2. The third-order valence-corrected chi connectivity index (χ3v) is 5.95. The highest BCUT2D eigenvalue weighted by atomic mass is 32.2. The van der Waals surface area contributed by atoms with E-state index in [9.17, 15) is 9.59 Å². The molecule has 31 heavy (non-hydrogen) atoms. The topological polar surface area (TPSA) is 64.0 Å². The van der Waals surface area contributed by atoms with Gasteiger partial charge in [0.1, 0.15) is 0 Å². The average Bonchev–Trinajstić information content (AvgIpc) is 2.82. The number of rotatable bonds is 7. The van der Waals surface area contributed by atoms with Gasteiger partial charge in [-0.05, 0) is 41.8 Å². The molecule has 5 nitrogen and oxygen atoms in total. The normalized spacial score (nSPS) is 10.9. The molecule has 0 aliphatic heterocycles. The van der Waals surface area contributed by atoms with E-state index in [1.807, 2.05) is 72.8 Å². The third-order valence-electron chi connectivity index (χ3n) is 5.01. The minimum absolute atomic E-state index is 0.107. The van der Waals surface area contributed by atoms with Gasteiger partial charge in [-0.15, -0.1) is 0 Å². The van der Waals surface area contributed by atoms with Gasteiger partial charge in [-0.3, -0.25) is 14.2 Å². The predicted octanol–water partition coefficient (Wildman–Crippen LogP) is 4.36. The van der Waals surface area contributed by atoms with Crippen LogP contribution in [0.15, 0.2) is 88.8 Å². The Labute approximate surface area is 185 Å². The molecular formula is C25H23N3O2S. The Morgan fingerprint density at radius 1 is 0.935 bits per heavy atom. The maximum atomic E-state index is 13.3. The monoisotopic (exact) mass is 429 g/mol. The van der Waals surface area contributed by atoms with E-state index in [0.29, 0.717) is 22.6 Å². The van der Waals surface area contributed by atoms with Gasteiger partial charge in [0.25, 0.3) is 5.56 Å². The fraction of sp³-hybridized carbons (Fsp3) is 0.160. The van der Waals surface area contributed by atoms with Crippen molar-refractivity contribution in [3.63, 3.8) is 0 Å². The molecule has 0 radical (unpaired) electrons. The molecule has 3 aromatic carbocycles. The van der Waals surface area contributed by atoms with Gasteiger partial charge in [-0.2, -0.15) is 0 Å².